The maximum atomic E-state index is 11.8. The second-order valence-electron chi connectivity index (χ2n) is 7.39. The molecule has 0 bridgehead atoms. The summed E-state index contributed by atoms with van der Waals surface area (Å²) in [5, 5.41) is 4.12. The van der Waals surface area contributed by atoms with E-state index in [0.29, 0.717) is 18.0 Å². The number of hydrogen-bond acceptors (Lipinski definition) is 7. The van der Waals surface area contributed by atoms with Gasteiger partial charge in [-0.3, -0.25) is 9.69 Å². The third-order valence-corrected chi connectivity index (χ3v) is 5.42. The van der Waals surface area contributed by atoms with Gasteiger partial charge in [0.1, 0.15) is 12.1 Å². The molecule has 2 aromatic rings. The first kappa shape index (κ1) is 17.9. The first-order chi connectivity index (χ1) is 13.1. The van der Waals surface area contributed by atoms with Crippen LogP contribution in [0.5, 0.6) is 5.88 Å². The highest BCUT2D eigenvalue weighted by Crippen LogP contribution is 2.36. The molecule has 27 heavy (non-hydrogen) atoms. The Bertz CT molecular complexity index is 842. The third-order valence-electron chi connectivity index (χ3n) is 5.42. The van der Waals surface area contributed by atoms with Crippen molar-refractivity contribution >= 4 is 5.82 Å². The average Bonchev–Trinajstić information content (AvgIpc) is 3.51. The topological polar surface area (TPSA) is 76.4 Å². The van der Waals surface area contributed by atoms with Crippen LogP contribution < -0.4 is 15.2 Å². The van der Waals surface area contributed by atoms with Gasteiger partial charge in [-0.2, -0.15) is 5.10 Å². The molecule has 0 amide bonds. The molecular weight excluding hydrogens is 344 g/mol. The van der Waals surface area contributed by atoms with Crippen LogP contribution in [0.1, 0.15) is 31.2 Å². The lowest BCUT2D eigenvalue weighted by Gasteiger charge is -2.39. The highest BCUT2D eigenvalue weighted by atomic mass is 16.5. The number of anilines is 1. The first-order valence-corrected chi connectivity index (χ1v) is 9.53. The molecule has 0 radical (unpaired) electrons. The van der Waals surface area contributed by atoms with Gasteiger partial charge in [-0.1, -0.05) is 0 Å². The number of aromatic nitrogens is 4. The molecule has 2 aliphatic rings. The summed E-state index contributed by atoms with van der Waals surface area (Å²) in [7, 11) is 3.31. The molecule has 0 aromatic carbocycles. The summed E-state index contributed by atoms with van der Waals surface area (Å²) in [5.41, 5.74) is 0.927. The summed E-state index contributed by atoms with van der Waals surface area (Å²) < 4.78 is 6.64. The fourth-order valence-corrected chi connectivity index (χ4v) is 3.81. The summed E-state index contributed by atoms with van der Waals surface area (Å²) in [6.45, 7) is 2.79. The third kappa shape index (κ3) is 4.10. The van der Waals surface area contributed by atoms with Crippen LogP contribution in [0.25, 0.3) is 0 Å². The molecule has 0 unspecified atom stereocenters. The van der Waals surface area contributed by atoms with Gasteiger partial charge < -0.3 is 9.64 Å². The Morgan fingerprint density at radius 3 is 2.56 bits per heavy atom. The van der Waals surface area contributed by atoms with Crippen molar-refractivity contribution in [1.82, 2.24) is 24.6 Å². The Kier molecular flexibility index (Phi) is 5.07. The van der Waals surface area contributed by atoms with E-state index < -0.39 is 0 Å². The molecule has 4 rings (SSSR count). The van der Waals surface area contributed by atoms with Crippen molar-refractivity contribution in [2.75, 3.05) is 25.1 Å². The molecule has 1 saturated heterocycles. The van der Waals surface area contributed by atoms with E-state index in [1.165, 1.54) is 17.5 Å². The van der Waals surface area contributed by atoms with Gasteiger partial charge in [0.2, 0.25) is 5.88 Å². The van der Waals surface area contributed by atoms with Crippen molar-refractivity contribution in [1.29, 1.82) is 0 Å². The zero-order chi connectivity index (χ0) is 18.8. The molecule has 0 spiro atoms. The van der Waals surface area contributed by atoms with Gasteiger partial charge in [0.15, 0.2) is 0 Å². The Balaban J connectivity index is 1.41. The quantitative estimate of drug-likeness (QED) is 0.756. The van der Waals surface area contributed by atoms with Crippen molar-refractivity contribution in [3.8, 4) is 5.88 Å². The van der Waals surface area contributed by atoms with E-state index >= 15 is 0 Å². The Labute approximate surface area is 158 Å². The number of hydrogen-bond donors (Lipinski definition) is 0. The van der Waals surface area contributed by atoms with Crippen molar-refractivity contribution in [3.63, 3.8) is 0 Å². The Hall–Kier alpha value is -2.48. The van der Waals surface area contributed by atoms with E-state index in [-0.39, 0.29) is 5.56 Å². The minimum absolute atomic E-state index is 0.0556. The van der Waals surface area contributed by atoms with Crippen molar-refractivity contribution in [2.24, 2.45) is 7.05 Å². The van der Waals surface area contributed by atoms with Crippen LogP contribution in [0.15, 0.2) is 29.5 Å². The smallest absolute Gasteiger partial charge is 0.266 e. The predicted molar refractivity (Wildman–Crippen MR) is 102 cm³/mol. The minimum Gasteiger partial charge on any atom is -0.481 e. The lowest BCUT2D eigenvalue weighted by molar-refractivity contribution is 0.200. The minimum atomic E-state index is -0.0556. The van der Waals surface area contributed by atoms with Crippen LogP contribution in [-0.4, -0.2) is 56.9 Å². The normalized spacial score (nSPS) is 18.4. The van der Waals surface area contributed by atoms with Crippen LogP contribution >= 0.6 is 0 Å². The number of nitrogens with zero attached hydrogens (tertiary/aromatic N) is 6. The Morgan fingerprint density at radius 2 is 1.89 bits per heavy atom. The molecule has 1 aliphatic heterocycles. The van der Waals surface area contributed by atoms with Crippen molar-refractivity contribution in [3.05, 3.63) is 40.6 Å². The largest absolute Gasteiger partial charge is 0.481 e. The summed E-state index contributed by atoms with van der Waals surface area (Å²) in [5.74, 6) is 1.58. The van der Waals surface area contributed by atoms with Crippen molar-refractivity contribution < 1.29 is 4.74 Å². The van der Waals surface area contributed by atoms with Gasteiger partial charge in [0.05, 0.1) is 13.3 Å². The summed E-state index contributed by atoms with van der Waals surface area (Å²) in [6.07, 6.45) is 8.00. The molecule has 144 valence electrons. The number of aryl methyl sites for hydroxylation is 1. The van der Waals surface area contributed by atoms with Gasteiger partial charge in [-0.05, 0) is 31.2 Å². The maximum absolute atomic E-state index is 11.8. The highest BCUT2D eigenvalue weighted by molar-refractivity contribution is 5.45. The lowest BCUT2D eigenvalue weighted by Crippen LogP contribution is -2.46. The fourth-order valence-electron chi connectivity index (χ4n) is 3.81. The van der Waals surface area contributed by atoms with Gasteiger partial charge >= 0.3 is 0 Å². The van der Waals surface area contributed by atoms with Gasteiger partial charge in [-0.15, -0.1) is 0 Å². The van der Waals surface area contributed by atoms with E-state index in [4.69, 9.17) is 4.74 Å². The monoisotopic (exact) mass is 370 g/mol. The number of piperidine rings is 1. The maximum Gasteiger partial charge on any atom is 0.266 e. The summed E-state index contributed by atoms with van der Waals surface area (Å²) in [4.78, 5) is 25.3. The zero-order valence-corrected chi connectivity index (χ0v) is 15.9. The van der Waals surface area contributed by atoms with Crippen LogP contribution in [0.3, 0.4) is 0 Å². The average molecular weight is 370 g/mol. The van der Waals surface area contributed by atoms with E-state index in [9.17, 15) is 4.79 Å². The molecule has 8 nitrogen and oxygen atoms in total. The first-order valence-electron chi connectivity index (χ1n) is 9.53. The second-order valence-corrected chi connectivity index (χ2v) is 7.39. The predicted octanol–water partition coefficient (Wildman–Crippen LogP) is 1.21. The van der Waals surface area contributed by atoms with Crippen LogP contribution in [-0.2, 0) is 13.6 Å². The van der Waals surface area contributed by atoms with Crippen LogP contribution in [0.2, 0.25) is 0 Å². The van der Waals surface area contributed by atoms with Gasteiger partial charge in [-0.25, -0.2) is 14.6 Å². The molecule has 3 heterocycles. The summed E-state index contributed by atoms with van der Waals surface area (Å²) >= 11 is 0. The summed E-state index contributed by atoms with van der Waals surface area (Å²) in [6, 6.07) is 4.69. The fraction of sp³-hybridized carbons (Fsp3) is 0.579. The molecule has 1 aliphatic carbocycles. The molecule has 1 saturated carbocycles. The standard InChI is InChI=1S/C19H26N6O2/c1-23-19(26)9-14(11-22-23)12-24-7-5-16(6-8-24)25(15-3-4-15)17-10-18(27-2)21-13-20-17/h9-11,13,15-16H,3-8,12H2,1-2H3. The zero-order valence-electron chi connectivity index (χ0n) is 15.9. The number of ether oxygens (including phenoxy) is 1. The van der Waals surface area contributed by atoms with E-state index in [1.54, 1.807) is 32.7 Å². The molecule has 0 atom stereocenters. The lowest BCUT2D eigenvalue weighted by atomic mass is 10.0. The van der Waals surface area contributed by atoms with E-state index in [2.05, 4.69) is 24.9 Å². The second kappa shape index (κ2) is 7.64. The van der Waals surface area contributed by atoms with Crippen LogP contribution in [0.4, 0.5) is 5.82 Å². The Morgan fingerprint density at radius 1 is 1.15 bits per heavy atom. The van der Waals surface area contributed by atoms with Crippen molar-refractivity contribution in [2.45, 2.75) is 44.3 Å². The number of rotatable bonds is 6. The number of likely N-dealkylation sites (tertiary alicyclic amines) is 1. The highest BCUT2D eigenvalue weighted by Gasteiger charge is 2.36. The number of methoxy groups -OCH3 is 1. The molecular formula is C19H26N6O2. The molecule has 8 heteroatoms. The molecule has 2 fully saturated rings. The van der Waals surface area contributed by atoms with Crippen LogP contribution in [0, 0.1) is 0 Å². The molecule has 2 aromatic heterocycles. The van der Waals surface area contributed by atoms with Gasteiger partial charge in [0.25, 0.3) is 5.56 Å². The van der Waals surface area contributed by atoms with Gasteiger partial charge in [0, 0.05) is 50.9 Å². The SMILES string of the molecule is COc1cc(N(C2CC2)C2CCN(Cc3cnn(C)c(=O)c3)CC2)ncn1. The molecule has 0 N–H and O–H groups in total. The van der Waals surface area contributed by atoms with E-state index in [0.717, 1.165) is 43.9 Å². The van der Waals surface area contributed by atoms with E-state index in [1.807, 2.05) is 6.07 Å².